The van der Waals surface area contributed by atoms with Gasteiger partial charge in [-0.1, -0.05) is 36.4 Å². The third-order valence-corrected chi connectivity index (χ3v) is 2.99. The van der Waals surface area contributed by atoms with Crippen molar-refractivity contribution in [2.45, 2.75) is 6.92 Å². The van der Waals surface area contributed by atoms with Gasteiger partial charge in [-0.2, -0.15) is 5.10 Å². The molecule has 2 aromatic rings. The summed E-state index contributed by atoms with van der Waals surface area (Å²) in [6, 6.07) is 15.0. The van der Waals surface area contributed by atoms with Crippen LogP contribution in [0.3, 0.4) is 0 Å². The summed E-state index contributed by atoms with van der Waals surface area (Å²) in [6.45, 7) is 1.76. The van der Waals surface area contributed by atoms with E-state index in [9.17, 15) is 14.9 Å². The normalized spacial score (nSPS) is 11.4. The number of hydrazone groups is 1. The number of nitrogens with one attached hydrogen (secondary N) is 1. The van der Waals surface area contributed by atoms with E-state index in [2.05, 4.69) is 10.5 Å². The van der Waals surface area contributed by atoms with Crippen LogP contribution < -0.4 is 5.43 Å². The SMILES string of the molecule is CC(/C=C\c1ccccc1)=N/NC(=O)c1ccc([N+](=O)[O-])cc1. The van der Waals surface area contributed by atoms with Crippen molar-refractivity contribution in [1.82, 2.24) is 5.43 Å². The van der Waals surface area contributed by atoms with Gasteiger partial charge in [-0.25, -0.2) is 5.43 Å². The zero-order valence-corrected chi connectivity index (χ0v) is 12.5. The van der Waals surface area contributed by atoms with Crippen molar-refractivity contribution in [2.24, 2.45) is 5.10 Å². The van der Waals surface area contributed by atoms with E-state index in [1.807, 2.05) is 36.4 Å². The molecule has 0 aliphatic carbocycles. The lowest BCUT2D eigenvalue weighted by Gasteiger charge is -2.00. The largest absolute Gasteiger partial charge is 0.271 e. The van der Waals surface area contributed by atoms with Crippen molar-refractivity contribution >= 4 is 23.4 Å². The number of rotatable bonds is 5. The molecule has 0 radical (unpaired) electrons. The van der Waals surface area contributed by atoms with Crippen LogP contribution in [-0.2, 0) is 0 Å². The first-order valence-electron chi connectivity index (χ1n) is 6.88. The molecule has 0 aromatic heterocycles. The molecule has 2 rings (SSSR count). The number of non-ortho nitro benzene ring substituents is 1. The molecule has 0 aliphatic heterocycles. The number of hydrogen-bond donors (Lipinski definition) is 1. The van der Waals surface area contributed by atoms with Gasteiger partial charge >= 0.3 is 0 Å². The fraction of sp³-hybridized carbons (Fsp3) is 0.0588. The van der Waals surface area contributed by atoms with E-state index in [-0.39, 0.29) is 5.69 Å². The van der Waals surface area contributed by atoms with Crippen LogP contribution in [0.4, 0.5) is 5.69 Å². The van der Waals surface area contributed by atoms with Crippen molar-refractivity contribution in [2.75, 3.05) is 0 Å². The van der Waals surface area contributed by atoms with Gasteiger partial charge < -0.3 is 0 Å². The van der Waals surface area contributed by atoms with Gasteiger partial charge in [0.2, 0.25) is 0 Å². The molecule has 1 N–H and O–H groups in total. The van der Waals surface area contributed by atoms with E-state index in [1.54, 1.807) is 13.0 Å². The predicted molar refractivity (Wildman–Crippen MR) is 89.1 cm³/mol. The number of carbonyl (C=O) groups is 1. The maximum Gasteiger partial charge on any atom is 0.271 e. The molecule has 0 fully saturated rings. The molecule has 0 unspecified atom stereocenters. The van der Waals surface area contributed by atoms with Crippen molar-refractivity contribution in [1.29, 1.82) is 0 Å². The van der Waals surface area contributed by atoms with E-state index in [0.717, 1.165) is 5.56 Å². The van der Waals surface area contributed by atoms with E-state index in [1.165, 1.54) is 24.3 Å². The lowest BCUT2D eigenvalue weighted by Crippen LogP contribution is -2.18. The van der Waals surface area contributed by atoms with Gasteiger partial charge in [0.25, 0.3) is 11.6 Å². The molecule has 0 saturated heterocycles. The van der Waals surface area contributed by atoms with Gasteiger partial charge in [-0.3, -0.25) is 14.9 Å². The number of nitro groups is 1. The molecule has 0 spiro atoms. The van der Waals surface area contributed by atoms with Crippen LogP contribution in [0.25, 0.3) is 6.08 Å². The molecule has 1 amide bonds. The summed E-state index contributed by atoms with van der Waals surface area (Å²) in [6.07, 6.45) is 3.67. The van der Waals surface area contributed by atoms with Crippen LogP contribution >= 0.6 is 0 Å². The minimum Gasteiger partial charge on any atom is -0.267 e. The molecule has 0 atom stereocenters. The third kappa shape index (κ3) is 4.89. The van der Waals surface area contributed by atoms with E-state index >= 15 is 0 Å². The van der Waals surface area contributed by atoms with Gasteiger partial charge in [0, 0.05) is 17.7 Å². The average molecular weight is 309 g/mol. The number of carbonyl (C=O) groups excluding carboxylic acids is 1. The quantitative estimate of drug-likeness (QED) is 0.522. The number of nitrogens with zero attached hydrogens (tertiary/aromatic N) is 2. The summed E-state index contributed by atoms with van der Waals surface area (Å²) in [5.41, 5.74) is 4.31. The molecular weight excluding hydrogens is 294 g/mol. The zero-order chi connectivity index (χ0) is 16.7. The first kappa shape index (κ1) is 16.1. The summed E-state index contributed by atoms with van der Waals surface area (Å²) in [4.78, 5) is 21.9. The van der Waals surface area contributed by atoms with Crippen LogP contribution in [0.1, 0.15) is 22.8 Å². The Morgan fingerprint density at radius 2 is 1.78 bits per heavy atom. The molecule has 0 aliphatic rings. The zero-order valence-electron chi connectivity index (χ0n) is 12.5. The molecule has 23 heavy (non-hydrogen) atoms. The second-order valence-corrected chi connectivity index (χ2v) is 4.74. The van der Waals surface area contributed by atoms with Gasteiger partial charge in [0.15, 0.2) is 0 Å². The molecule has 116 valence electrons. The molecule has 2 aromatic carbocycles. The van der Waals surface area contributed by atoms with Crippen molar-refractivity contribution in [3.63, 3.8) is 0 Å². The maximum atomic E-state index is 11.9. The van der Waals surface area contributed by atoms with Crippen LogP contribution in [0.2, 0.25) is 0 Å². The molecular formula is C17H15N3O3. The summed E-state index contributed by atoms with van der Waals surface area (Å²) in [7, 11) is 0. The summed E-state index contributed by atoms with van der Waals surface area (Å²) >= 11 is 0. The van der Waals surface area contributed by atoms with Crippen molar-refractivity contribution in [3.8, 4) is 0 Å². The van der Waals surface area contributed by atoms with Gasteiger partial charge in [0.05, 0.1) is 10.6 Å². The predicted octanol–water partition coefficient (Wildman–Crippen LogP) is 3.41. The first-order valence-corrected chi connectivity index (χ1v) is 6.88. The summed E-state index contributed by atoms with van der Waals surface area (Å²) < 4.78 is 0. The summed E-state index contributed by atoms with van der Waals surface area (Å²) in [5, 5.41) is 14.5. The lowest BCUT2D eigenvalue weighted by atomic mass is 10.2. The highest BCUT2D eigenvalue weighted by atomic mass is 16.6. The maximum absolute atomic E-state index is 11.9. The number of amides is 1. The fourth-order valence-electron chi connectivity index (χ4n) is 1.76. The highest BCUT2D eigenvalue weighted by Gasteiger charge is 2.08. The first-order chi connectivity index (χ1) is 11.1. The topological polar surface area (TPSA) is 84.6 Å². The fourth-order valence-corrected chi connectivity index (χ4v) is 1.76. The van der Waals surface area contributed by atoms with Crippen LogP contribution in [-0.4, -0.2) is 16.5 Å². The molecule has 6 nitrogen and oxygen atoms in total. The van der Waals surface area contributed by atoms with E-state index in [4.69, 9.17) is 0 Å². The molecule has 0 heterocycles. The van der Waals surface area contributed by atoms with Crippen LogP contribution in [0.5, 0.6) is 0 Å². The molecule has 0 bridgehead atoms. The monoisotopic (exact) mass is 309 g/mol. The Bertz CT molecular complexity index is 750. The third-order valence-electron chi connectivity index (χ3n) is 2.99. The second kappa shape index (κ2) is 7.65. The minimum absolute atomic E-state index is 0.0629. The highest BCUT2D eigenvalue weighted by Crippen LogP contribution is 2.11. The Morgan fingerprint density at radius 1 is 1.13 bits per heavy atom. The highest BCUT2D eigenvalue weighted by molar-refractivity contribution is 5.99. The second-order valence-electron chi connectivity index (χ2n) is 4.74. The smallest absolute Gasteiger partial charge is 0.267 e. The van der Waals surface area contributed by atoms with E-state index < -0.39 is 10.8 Å². The molecule has 6 heteroatoms. The standard InChI is InChI=1S/C17H15N3O3/c1-13(7-8-14-5-3-2-4-6-14)18-19-17(21)15-9-11-16(12-10-15)20(22)23/h2-12H,1H3,(H,19,21)/b8-7-,18-13-. The minimum atomic E-state index is -0.516. The Kier molecular flexibility index (Phi) is 5.35. The van der Waals surface area contributed by atoms with Gasteiger partial charge in [0.1, 0.15) is 0 Å². The lowest BCUT2D eigenvalue weighted by molar-refractivity contribution is -0.384. The Morgan fingerprint density at radius 3 is 2.39 bits per heavy atom. The van der Waals surface area contributed by atoms with E-state index in [0.29, 0.717) is 11.3 Å². The molecule has 0 saturated carbocycles. The average Bonchev–Trinajstić information content (AvgIpc) is 2.58. The number of allylic oxidation sites excluding steroid dienone is 1. The number of benzene rings is 2. The van der Waals surface area contributed by atoms with Gasteiger partial charge in [-0.15, -0.1) is 0 Å². The van der Waals surface area contributed by atoms with Gasteiger partial charge in [-0.05, 0) is 30.7 Å². The Labute approximate surface area is 133 Å². The Hall–Kier alpha value is -3.28. The van der Waals surface area contributed by atoms with Crippen molar-refractivity contribution < 1.29 is 9.72 Å². The number of nitro benzene ring substituents is 1. The Balaban J connectivity index is 1.97. The number of hydrogen-bond acceptors (Lipinski definition) is 4. The van der Waals surface area contributed by atoms with Crippen LogP contribution in [0, 0.1) is 10.1 Å². The van der Waals surface area contributed by atoms with Crippen LogP contribution in [0.15, 0.2) is 65.8 Å². The van der Waals surface area contributed by atoms with Crippen molar-refractivity contribution in [3.05, 3.63) is 81.9 Å². The summed E-state index contributed by atoms with van der Waals surface area (Å²) in [5.74, 6) is -0.424.